The van der Waals surface area contributed by atoms with Crippen LogP contribution in [0.1, 0.15) is 69.0 Å². The molecule has 1 aliphatic rings. The third-order valence-corrected chi connectivity index (χ3v) is 4.55. The van der Waals surface area contributed by atoms with Gasteiger partial charge in [0.15, 0.2) is 5.78 Å². The fraction of sp³-hybridized carbons (Fsp3) is 0.316. The van der Waals surface area contributed by atoms with Gasteiger partial charge >= 0.3 is 0 Å². The highest BCUT2D eigenvalue weighted by Gasteiger charge is 2.26. The fourth-order valence-corrected chi connectivity index (χ4v) is 3.20. The predicted octanol–water partition coefficient (Wildman–Crippen LogP) is 3.20. The van der Waals surface area contributed by atoms with Gasteiger partial charge < -0.3 is 10.3 Å². The molecule has 122 valence electrons. The van der Waals surface area contributed by atoms with Crippen molar-refractivity contribution in [1.29, 1.82) is 5.26 Å². The molecule has 0 aliphatic heterocycles. The Morgan fingerprint density at radius 1 is 1.29 bits per heavy atom. The number of rotatable bonds is 3. The normalized spacial score (nSPS) is 14.6. The first-order valence-corrected chi connectivity index (χ1v) is 8.07. The van der Waals surface area contributed by atoms with Gasteiger partial charge in [-0.05, 0) is 49.9 Å². The Balaban J connectivity index is 1.80. The molecule has 0 spiro atoms. The summed E-state index contributed by atoms with van der Waals surface area (Å²) >= 11 is 0. The number of aromatic nitrogens is 1. The zero-order chi connectivity index (χ0) is 17.3. The molecule has 1 aromatic heterocycles. The highest BCUT2D eigenvalue weighted by atomic mass is 16.2. The summed E-state index contributed by atoms with van der Waals surface area (Å²) in [5, 5.41) is 11.8. The SMILES string of the molecule is Cc1c(C(=O)NC(C)c2ccc(C#N)cc2)[nH]c2c1C(=O)CCC2. The summed E-state index contributed by atoms with van der Waals surface area (Å²) in [7, 11) is 0. The molecular formula is C19H19N3O2. The number of ketones is 1. The van der Waals surface area contributed by atoms with E-state index in [1.807, 2.05) is 26.0 Å². The van der Waals surface area contributed by atoms with Crippen LogP contribution in [0.25, 0.3) is 0 Å². The number of hydrogen-bond acceptors (Lipinski definition) is 3. The Labute approximate surface area is 140 Å². The van der Waals surface area contributed by atoms with Crippen LogP contribution in [0.3, 0.4) is 0 Å². The summed E-state index contributed by atoms with van der Waals surface area (Å²) < 4.78 is 0. The molecule has 0 bridgehead atoms. The van der Waals surface area contributed by atoms with Crippen molar-refractivity contribution in [3.05, 3.63) is 57.9 Å². The highest BCUT2D eigenvalue weighted by Crippen LogP contribution is 2.26. The second-order valence-electron chi connectivity index (χ2n) is 6.18. The van der Waals surface area contributed by atoms with Crippen LogP contribution in [0, 0.1) is 18.3 Å². The molecule has 5 nitrogen and oxygen atoms in total. The van der Waals surface area contributed by atoms with Crippen LogP contribution in [0.2, 0.25) is 0 Å². The topological polar surface area (TPSA) is 85.8 Å². The number of Topliss-reactive ketones (excluding diaryl/α,β-unsaturated/α-hetero) is 1. The van der Waals surface area contributed by atoms with E-state index in [4.69, 9.17) is 5.26 Å². The number of amides is 1. The van der Waals surface area contributed by atoms with Crippen molar-refractivity contribution in [3.63, 3.8) is 0 Å². The molecule has 1 aromatic carbocycles. The molecule has 2 aromatic rings. The second-order valence-corrected chi connectivity index (χ2v) is 6.18. The van der Waals surface area contributed by atoms with Gasteiger partial charge in [0.1, 0.15) is 5.69 Å². The third kappa shape index (κ3) is 2.83. The smallest absolute Gasteiger partial charge is 0.268 e. The lowest BCUT2D eigenvalue weighted by molar-refractivity contribution is 0.0934. The number of H-pyrrole nitrogens is 1. The molecule has 2 N–H and O–H groups in total. The number of nitrogens with zero attached hydrogens (tertiary/aromatic N) is 1. The van der Waals surface area contributed by atoms with Gasteiger partial charge in [-0.25, -0.2) is 0 Å². The molecule has 0 radical (unpaired) electrons. The van der Waals surface area contributed by atoms with Crippen molar-refractivity contribution >= 4 is 11.7 Å². The lowest BCUT2D eigenvalue weighted by Gasteiger charge is -2.14. The van der Waals surface area contributed by atoms with E-state index in [-0.39, 0.29) is 17.7 Å². The summed E-state index contributed by atoms with van der Waals surface area (Å²) in [5.74, 6) is -0.101. The first-order valence-electron chi connectivity index (χ1n) is 8.07. The number of aryl methyl sites for hydroxylation is 1. The first-order chi connectivity index (χ1) is 11.5. The Kier molecular flexibility index (Phi) is 4.22. The number of fused-ring (bicyclic) bond motifs is 1. The van der Waals surface area contributed by atoms with Crippen molar-refractivity contribution < 1.29 is 9.59 Å². The minimum atomic E-state index is -0.216. The number of carbonyl (C=O) groups is 2. The minimum Gasteiger partial charge on any atom is -0.354 e. The zero-order valence-electron chi connectivity index (χ0n) is 13.8. The van der Waals surface area contributed by atoms with Gasteiger partial charge in [-0.2, -0.15) is 5.26 Å². The lowest BCUT2D eigenvalue weighted by Crippen LogP contribution is -2.27. The molecule has 1 atom stereocenters. The molecule has 0 saturated carbocycles. The van der Waals surface area contributed by atoms with E-state index in [1.54, 1.807) is 12.1 Å². The Morgan fingerprint density at radius 3 is 2.62 bits per heavy atom. The maximum Gasteiger partial charge on any atom is 0.268 e. The number of aromatic amines is 1. The number of hydrogen-bond donors (Lipinski definition) is 2. The van der Waals surface area contributed by atoms with E-state index in [0.717, 1.165) is 29.7 Å². The van der Waals surface area contributed by atoms with Crippen molar-refractivity contribution in [3.8, 4) is 6.07 Å². The van der Waals surface area contributed by atoms with Gasteiger partial charge in [-0.1, -0.05) is 12.1 Å². The van der Waals surface area contributed by atoms with Crippen LogP contribution in [-0.4, -0.2) is 16.7 Å². The number of carbonyl (C=O) groups excluding carboxylic acids is 2. The summed E-state index contributed by atoms with van der Waals surface area (Å²) in [6, 6.07) is 9.01. The van der Waals surface area contributed by atoms with E-state index >= 15 is 0 Å². The lowest BCUT2D eigenvalue weighted by atomic mass is 9.94. The molecule has 1 amide bonds. The average molecular weight is 321 g/mol. The summed E-state index contributed by atoms with van der Waals surface area (Å²) in [5.41, 5.74) is 4.28. The Hall–Kier alpha value is -2.87. The predicted molar refractivity (Wildman–Crippen MR) is 89.8 cm³/mol. The Morgan fingerprint density at radius 2 is 2.00 bits per heavy atom. The monoisotopic (exact) mass is 321 g/mol. The van der Waals surface area contributed by atoms with E-state index in [2.05, 4.69) is 16.4 Å². The molecule has 1 aliphatic carbocycles. The van der Waals surface area contributed by atoms with Gasteiger partial charge in [-0.15, -0.1) is 0 Å². The van der Waals surface area contributed by atoms with Crippen LogP contribution in [0.15, 0.2) is 24.3 Å². The molecule has 24 heavy (non-hydrogen) atoms. The maximum absolute atomic E-state index is 12.6. The van der Waals surface area contributed by atoms with Crippen LogP contribution in [0.5, 0.6) is 0 Å². The number of benzene rings is 1. The second kappa shape index (κ2) is 6.32. The first kappa shape index (κ1) is 16.0. The summed E-state index contributed by atoms with van der Waals surface area (Å²) in [6.45, 7) is 3.71. The van der Waals surface area contributed by atoms with Crippen molar-refractivity contribution in [2.24, 2.45) is 0 Å². The van der Waals surface area contributed by atoms with E-state index in [1.165, 1.54) is 0 Å². The van der Waals surface area contributed by atoms with Crippen molar-refractivity contribution in [2.75, 3.05) is 0 Å². The van der Waals surface area contributed by atoms with E-state index in [0.29, 0.717) is 23.2 Å². The molecule has 1 unspecified atom stereocenters. The van der Waals surface area contributed by atoms with Crippen LogP contribution < -0.4 is 5.32 Å². The quantitative estimate of drug-likeness (QED) is 0.910. The molecule has 1 heterocycles. The zero-order valence-corrected chi connectivity index (χ0v) is 13.8. The average Bonchev–Trinajstić information content (AvgIpc) is 2.93. The van der Waals surface area contributed by atoms with Gasteiger partial charge in [-0.3, -0.25) is 9.59 Å². The van der Waals surface area contributed by atoms with Gasteiger partial charge in [0.05, 0.1) is 17.7 Å². The van der Waals surface area contributed by atoms with E-state index in [9.17, 15) is 9.59 Å². The summed E-state index contributed by atoms with van der Waals surface area (Å²) in [6.07, 6.45) is 2.18. The largest absolute Gasteiger partial charge is 0.354 e. The fourth-order valence-electron chi connectivity index (χ4n) is 3.20. The van der Waals surface area contributed by atoms with Gasteiger partial charge in [0.2, 0.25) is 0 Å². The standard InChI is InChI=1S/C19H19N3O2/c1-11-17-15(4-3-5-16(17)23)22-18(11)19(24)21-12(2)14-8-6-13(10-20)7-9-14/h6-9,12,22H,3-5H2,1-2H3,(H,21,24). The van der Waals surface area contributed by atoms with E-state index < -0.39 is 0 Å². The summed E-state index contributed by atoms with van der Waals surface area (Å²) in [4.78, 5) is 27.8. The van der Waals surface area contributed by atoms with Crippen molar-refractivity contribution in [2.45, 2.75) is 39.2 Å². The number of nitrogens with one attached hydrogen (secondary N) is 2. The van der Waals surface area contributed by atoms with Crippen LogP contribution in [-0.2, 0) is 6.42 Å². The molecule has 0 fully saturated rings. The molecule has 3 rings (SSSR count). The van der Waals surface area contributed by atoms with Gasteiger partial charge in [0, 0.05) is 17.7 Å². The Bertz CT molecular complexity index is 841. The van der Waals surface area contributed by atoms with Crippen LogP contribution in [0.4, 0.5) is 0 Å². The van der Waals surface area contributed by atoms with Crippen LogP contribution >= 0.6 is 0 Å². The molecular weight excluding hydrogens is 302 g/mol. The molecule has 0 saturated heterocycles. The minimum absolute atomic E-state index is 0.115. The third-order valence-electron chi connectivity index (χ3n) is 4.55. The number of nitriles is 1. The highest BCUT2D eigenvalue weighted by molar-refractivity contribution is 6.04. The molecule has 5 heteroatoms. The maximum atomic E-state index is 12.6. The van der Waals surface area contributed by atoms with Crippen molar-refractivity contribution in [1.82, 2.24) is 10.3 Å². The van der Waals surface area contributed by atoms with Gasteiger partial charge in [0.25, 0.3) is 5.91 Å².